The maximum atomic E-state index is 12.9. The quantitative estimate of drug-likeness (QED) is 0.649. The zero-order valence-electron chi connectivity index (χ0n) is 16.6. The van der Waals surface area contributed by atoms with E-state index in [0.717, 1.165) is 37.0 Å². The second kappa shape index (κ2) is 7.59. The number of alkyl halides is 3. The van der Waals surface area contributed by atoms with Crippen LogP contribution in [0.3, 0.4) is 0 Å². The van der Waals surface area contributed by atoms with Crippen molar-refractivity contribution in [2.24, 2.45) is 0 Å². The molecule has 4 rings (SSSR count). The summed E-state index contributed by atoms with van der Waals surface area (Å²) in [6, 6.07) is 10.2. The maximum Gasteiger partial charge on any atom is 0.433 e. The van der Waals surface area contributed by atoms with Crippen molar-refractivity contribution < 1.29 is 18.0 Å². The lowest BCUT2D eigenvalue weighted by Gasteiger charge is -2.27. The number of fused-ring (bicyclic) bond motifs is 1. The number of hydrogen-bond acceptors (Lipinski definition) is 3. The molecule has 0 bridgehead atoms. The second-order valence-electron chi connectivity index (χ2n) is 7.51. The molecule has 1 aromatic carbocycles. The first-order valence-corrected chi connectivity index (χ1v) is 9.74. The molecule has 1 N–H and O–H groups in total. The van der Waals surface area contributed by atoms with Crippen LogP contribution in [0.25, 0.3) is 0 Å². The summed E-state index contributed by atoms with van der Waals surface area (Å²) < 4.78 is 40.4. The number of hydrogen-bond donors (Lipinski definition) is 1. The Hall–Kier alpha value is -3.16. The van der Waals surface area contributed by atoms with Gasteiger partial charge in [0.1, 0.15) is 11.5 Å². The first-order chi connectivity index (χ1) is 14.3. The van der Waals surface area contributed by atoms with E-state index >= 15 is 0 Å². The van der Waals surface area contributed by atoms with E-state index in [2.05, 4.69) is 27.5 Å². The third-order valence-electron chi connectivity index (χ3n) is 5.46. The summed E-state index contributed by atoms with van der Waals surface area (Å²) >= 11 is 0. The Balaban J connectivity index is 1.65. The van der Waals surface area contributed by atoms with E-state index in [1.54, 1.807) is 10.9 Å². The van der Waals surface area contributed by atoms with Gasteiger partial charge in [-0.2, -0.15) is 18.3 Å². The predicted octanol–water partition coefficient (Wildman–Crippen LogP) is 5.09. The van der Waals surface area contributed by atoms with Crippen molar-refractivity contribution >= 4 is 11.7 Å². The molecule has 0 fully saturated rings. The molecule has 0 radical (unpaired) electrons. The van der Waals surface area contributed by atoms with E-state index in [0.29, 0.717) is 5.82 Å². The minimum atomic E-state index is -4.55. The van der Waals surface area contributed by atoms with Crippen LogP contribution < -0.4 is 5.32 Å². The third kappa shape index (κ3) is 3.69. The van der Waals surface area contributed by atoms with Gasteiger partial charge in [0.25, 0.3) is 5.91 Å². The van der Waals surface area contributed by atoms with Crippen molar-refractivity contribution in [3.05, 3.63) is 76.2 Å². The maximum absolute atomic E-state index is 12.9. The number of aromatic nitrogens is 3. The van der Waals surface area contributed by atoms with E-state index in [1.807, 2.05) is 19.1 Å². The molecule has 0 spiro atoms. The van der Waals surface area contributed by atoms with Gasteiger partial charge in [-0.25, -0.2) is 9.67 Å². The number of anilines is 1. The topological polar surface area (TPSA) is 59.8 Å². The van der Waals surface area contributed by atoms with Gasteiger partial charge >= 0.3 is 6.18 Å². The van der Waals surface area contributed by atoms with Crippen LogP contribution in [0.2, 0.25) is 0 Å². The molecule has 8 heteroatoms. The molecular formula is C22H21F3N4O. The average molecular weight is 414 g/mol. The van der Waals surface area contributed by atoms with Gasteiger partial charge in [-0.1, -0.05) is 24.3 Å². The van der Waals surface area contributed by atoms with Crippen molar-refractivity contribution in [1.29, 1.82) is 0 Å². The molecule has 2 aromatic heterocycles. The molecule has 1 aliphatic rings. The number of benzene rings is 1. The van der Waals surface area contributed by atoms with Gasteiger partial charge in [0, 0.05) is 5.56 Å². The van der Waals surface area contributed by atoms with Crippen molar-refractivity contribution in [3.8, 4) is 0 Å². The van der Waals surface area contributed by atoms with E-state index in [9.17, 15) is 18.0 Å². The Labute approximate surface area is 171 Å². The molecule has 30 heavy (non-hydrogen) atoms. The number of amides is 1. The van der Waals surface area contributed by atoms with E-state index in [4.69, 9.17) is 0 Å². The number of nitrogens with one attached hydrogen (secondary N) is 1. The van der Waals surface area contributed by atoms with Crippen molar-refractivity contribution in [2.75, 3.05) is 5.32 Å². The molecule has 1 amide bonds. The van der Waals surface area contributed by atoms with Gasteiger partial charge in [0.15, 0.2) is 0 Å². The summed E-state index contributed by atoms with van der Waals surface area (Å²) in [7, 11) is 0. The molecule has 1 atom stereocenters. The summed E-state index contributed by atoms with van der Waals surface area (Å²) in [5, 5.41) is 7.33. The fraction of sp³-hybridized carbons (Fsp3) is 0.318. The van der Waals surface area contributed by atoms with Crippen LogP contribution in [0.5, 0.6) is 0 Å². The Morgan fingerprint density at radius 1 is 1.17 bits per heavy atom. The van der Waals surface area contributed by atoms with Gasteiger partial charge in [-0.15, -0.1) is 0 Å². The van der Waals surface area contributed by atoms with Crippen LogP contribution >= 0.6 is 0 Å². The van der Waals surface area contributed by atoms with Gasteiger partial charge in [0.05, 0.1) is 23.5 Å². The van der Waals surface area contributed by atoms with Crippen LogP contribution in [-0.4, -0.2) is 20.7 Å². The summed E-state index contributed by atoms with van der Waals surface area (Å²) in [4.78, 5) is 16.4. The summed E-state index contributed by atoms with van der Waals surface area (Å²) in [6.45, 7) is 3.23. The van der Waals surface area contributed by atoms with Crippen LogP contribution in [-0.2, 0) is 12.6 Å². The monoisotopic (exact) mass is 414 g/mol. The highest BCUT2D eigenvalue weighted by Gasteiger charge is 2.33. The lowest BCUT2D eigenvalue weighted by atomic mass is 9.88. The number of pyridine rings is 1. The Morgan fingerprint density at radius 2 is 1.93 bits per heavy atom. The standard InChI is InChI=1S/C22H21F3N4O/c1-13-12-26-29(18-9-5-7-15-6-3-4-8-17(15)18)20(13)28-21(30)16-10-11-19(22(23,24)25)27-14(16)2/h3-4,6,8,10-12,18H,5,7,9H2,1-2H3,(H,28,30). The van der Waals surface area contributed by atoms with Crippen molar-refractivity contribution in [2.45, 2.75) is 45.3 Å². The number of carbonyl (C=O) groups is 1. The third-order valence-corrected chi connectivity index (χ3v) is 5.46. The number of rotatable bonds is 3. The summed E-state index contributed by atoms with van der Waals surface area (Å²) in [6.07, 6.45) is 0.0385. The predicted molar refractivity (Wildman–Crippen MR) is 106 cm³/mol. The highest BCUT2D eigenvalue weighted by molar-refractivity contribution is 6.04. The summed E-state index contributed by atoms with van der Waals surface area (Å²) in [5.74, 6) is 0.0312. The molecule has 1 unspecified atom stereocenters. The highest BCUT2D eigenvalue weighted by Crippen LogP contribution is 2.35. The Kier molecular flexibility index (Phi) is 5.09. The van der Waals surface area contributed by atoms with Gasteiger partial charge in [-0.05, 0) is 56.4 Å². The molecule has 2 heterocycles. The van der Waals surface area contributed by atoms with Crippen LogP contribution in [0.4, 0.5) is 19.0 Å². The van der Waals surface area contributed by atoms with Crippen molar-refractivity contribution in [3.63, 3.8) is 0 Å². The van der Waals surface area contributed by atoms with E-state index in [-0.39, 0.29) is 17.3 Å². The van der Waals surface area contributed by atoms with Crippen LogP contribution in [0.15, 0.2) is 42.6 Å². The van der Waals surface area contributed by atoms with Gasteiger partial charge in [-0.3, -0.25) is 4.79 Å². The van der Waals surface area contributed by atoms with Gasteiger partial charge in [0.2, 0.25) is 0 Å². The first kappa shape index (κ1) is 20.1. The molecule has 1 aliphatic carbocycles. The molecule has 0 saturated heterocycles. The van der Waals surface area contributed by atoms with Crippen LogP contribution in [0.1, 0.15) is 57.3 Å². The average Bonchev–Trinajstić information content (AvgIpc) is 3.06. The molecule has 5 nitrogen and oxygen atoms in total. The molecule has 3 aromatic rings. The number of carbonyl (C=O) groups excluding carboxylic acids is 1. The number of nitrogens with zero attached hydrogens (tertiary/aromatic N) is 3. The lowest BCUT2D eigenvalue weighted by Crippen LogP contribution is -2.23. The fourth-order valence-corrected chi connectivity index (χ4v) is 3.96. The molecule has 0 saturated carbocycles. The largest absolute Gasteiger partial charge is 0.433 e. The van der Waals surface area contributed by atoms with E-state index < -0.39 is 17.8 Å². The zero-order valence-corrected chi connectivity index (χ0v) is 16.6. The molecule has 156 valence electrons. The SMILES string of the molecule is Cc1cnn(C2CCCc3ccccc32)c1NC(=O)c1ccc(C(F)(F)F)nc1C. The Bertz CT molecular complexity index is 1100. The zero-order chi connectivity index (χ0) is 21.5. The number of aryl methyl sites for hydroxylation is 3. The van der Waals surface area contributed by atoms with E-state index in [1.165, 1.54) is 18.1 Å². The minimum Gasteiger partial charge on any atom is -0.306 e. The normalized spacial score (nSPS) is 16.2. The lowest BCUT2D eigenvalue weighted by molar-refractivity contribution is -0.141. The Morgan fingerprint density at radius 3 is 2.67 bits per heavy atom. The molecule has 0 aliphatic heterocycles. The fourth-order valence-electron chi connectivity index (χ4n) is 3.96. The van der Waals surface area contributed by atoms with Gasteiger partial charge < -0.3 is 5.32 Å². The smallest absolute Gasteiger partial charge is 0.306 e. The first-order valence-electron chi connectivity index (χ1n) is 9.74. The highest BCUT2D eigenvalue weighted by atomic mass is 19.4. The summed E-state index contributed by atoms with van der Waals surface area (Å²) in [5.41, 5.74) is 2.32. The number of halogens is 3. The second-order valence-corrected chi connectivity index (χ2v) is 7.51. The van der Waals surface area contributed by atoms with Crippen LogP contribution in [0, 0.1) is 13.8 Å². The minimum absolute atomic E-state index is 0.00854. The molecular weight excluding hydrogens is 393 g/mol. The van der Waals surface area contributed by atoms with Crippen molar-refractivity contribution in [1.82, 2.24) is 14.8 Å².